The molecule has 0 saturated carbocycles. The van der Waals surface area contributed by atoms with E-state index >= 15 is 0 Å². The third kappa shape index (κ3) is 6.40. The minimum absolute atomic E-state index is 0. The maximum Gasteiger partial charge on any atom is 0.224 e. The predicted octanol–water partition coefficient (Wildman–Crippen LogP) is 2.71. The molecule has 3 N–H and O–H groups in total. The molecule has 0 radical (unpaired) electrons. The lowest BCUT2D eigenvalue weighted by Gasteiger charge is -2.12. The molecule has 0 heterocycles. The minimum Gasteiger partial charge on any atom is -0.491 e. The van der Waals surface area contributed by atoms with E-state index in [4.69, 9.17) is 10.5 Å². The number of nitrogens with two attached hydrogens (primary N) is 1. The first-order valence-corrected chi connectivity index (χ1v) is 6.09. The van der Waals surface area contributed by atoms with Crippen molar-refractivity contribution >= 4 is 24.0 Å². The molecule has 0 aliphatic rings. The Morgan fingerprint density at radius 1 is 1.47 bits per heavy atom. The number of ether oxygens (including phenoxy) is 1. The summed E-state index contributed by atoms with van der Waals surface area (Å²) in [6, 6.07) is 4.06. The van der Waals surface area contributed by atoms with Gasteiger partial charge in [-0.2, -0.15) is 0 Å². The van der Waals surface area contributed by atoms with Gasteiger partial charge in [0.2, 0.25) is 5.91 Å². The molecule has 0 unspecified atom stereocenters. The van der Waals surface area contributed by atoms with E-state index in [2.05, 4.69) is 5.32 Å². The maximum atomic E-state index is 13.1. The number of anilines is 1. The van der Waals surface area contributed by atoms with Gasteiger partial charge in [-0.1, -0.05) is 6.92 Å². The van der Waals surface area contributed by atoms with E-state index in [0.717, 1.165) is 6.42 Å². The average Bonchev–Trinajstić information content (AvgIpc) is 2.36. The first kappa shape index (κ1) is 17.7. The summed E-state index contributed by atoms with van der Waals surface area (Å²) in [6.45, 7) is 2.91. The number of nitrogens with one attached hydrogen (secondary N) is 1. The number of rotatable bonds is 7. The molecule has 0 saturated heterocycles. The molecular formula is C13H20ClFN2O2. The van der Waals surface area contributed by atoms with Crippen LogP contribution in [0.4, 0.5) is 10.1 Å². The lowest BCUT2D eigenvalue weighted by molar-refractivity contribution is -0.116. The second-order valence-corrected chi connectivity index (χ2v) is 3.93. The highest BCUT2D eigenvalue weighted by atomic mass is 35.5. The fraction of sp³-hybridized carbons (Fsp3) is 0.462. The molecule has 1 aromatic rings. The zero-order valence-corrected chi connectivity index (χ0v) is 11.8. The van der Waals surface area contributed by atoms with Crippen molar-refractivity contribution in [3.05, 3.63) is 24.0 Å². The molecule has 0 aromatic heterocycles. The van der Waals surface area contributed by atoms with Gasteiger partial charge in [0.25, 0.3) is 0 Å². The van der Waals surface area contributed by atoms with E-state index in [1.807, 2.05) is 6.92 Å². The lowest BCUT2D eigenvalue weighted by atomic mass is 10.2. The molecule has 0 atom stereocenters. The highest BCUT2D eigenvalue weighted by Gasteiger charge is 2.08. The van der Waals surface area contributed by atoms with Crippen LogP contribution in [0.15, 0.2) is 18.2 Å². The highest BCUT2D eigenvalue weighted by molar-refractivity contribution is 5.92. The summed E-state index contributed by atoms with van der Waals surface area (Å²) in [6.07, 6.45) is 1.79. The molecular weight excluding hydrogens is 271 g/mol. The monoisotopic (exact) mass is 290 g/mol. The number of amides is 1. The number of halogens is 2. The average molecular weight is 291 g/mol. The summed E-state index contributed by atoms with van der Waals surface area (Å²) in [5.41, 5.74) is 5.82. The van der Waals surface area contributed by atoms with Gasteiger partial charge < -0.3 is 15.8 Å². The van der Waals surface area contributed by atoms with Gasteiger partial charge in [0.05, 0.1) is 12.3 Å². The van der Waals surface area contributed by atoms with E-state index in [-0.39, 0.29) is 24.1 Å². The molecule has 1 aromatic carbocycles. The van der Waals surface area contributed by atoms with Gasteiger partial charge in [0, 0.05) is 12.5 Å². The molecule has 0 aliphatic carbocycles. The van der Waals surface area contributed by atoms with E-state index in [0.29, 0.717) is 37.4 Å². The molecule has 0 bridgehead atoms. The van der Waals surface area contributed by atoms with Crippen molar-refractivity contribution in [1.29, 1.82) is 0 Å². The molecule has 0 aliphatic heterocycles. The van der Waals surface area contributed by atoms with E-state index in [1.54, 1.807) is 0 Å². The van der Waals surface area contributed by atoms with Gasteiger partial charge in [-0.15, -0.1) is 12.4 Å². The summed E-state index contributed by atoms with van der Waals surface area (Å²) < 4.78 is 18.5. The normalized spacial score (nSPS) is 9.63. The van der Waals surface area contributed by atoms with E-state index in [1.165, 1.54) is 18.2 Å². The molecule has 108 valence electrons. The summed E-state index contributed by atoms with van der Waals surface area (Å²) >= 11 is 0. The molecule has 6 heteroatoms. The van der Waals surface area contributed by atoms with Crippen LogP contribution in [0.25, 0.3) is 0 Å². The number of carbonyl (C=O) groups is 1. The van der Waals surface area contributed by atoms with Crippen LogP contribution in [0.1, 0.15) is 26.2 Å². The minimum atomic E-state index is -0.388. The quantitative estimate of drug-likeness (QED) is 0.811. The Kier molecular flexibility index (Phi) is 8.91. The maximum absolute atomic E-state index is 13.1. The third-order valence-electron chi connectivity index (χ3n) is 2.29. The van der Waals surface area contributed by atoms with Crippen LogP contribution in [0, 0.1) is 5.82 Å². The fourth-order valence-corrected chi connectivity index (χ4v) is 1.41. The van der Waals surface area contributed by atoms with Crippen LogP contribution >= 0.6 is 12.4 Å². The first-order valence-electron chi connectivity index (χ1n) is 6.09. The Bertz CT molecular complexity index is 402. The lowest BCUT2D eigenvalue weighted by Crippen LogP contribution is -2.14. The van der Waals surface area contributed by atoms with Crippen LogP contribution in [0.3, 0.4) is 0 Å². The van der Waals surface area contributed by atoms with Crippen molar-refractivity contribution in [3.8, 4) is 5.75 Å². The van der Waals surface area contributed by atoms with Gasteiger partial charge in [0.15, 0.2) is 0 Å². The zero-order valence-electron chi connectivity index (χ0n) is 10.9. The van der Waals surface area contributed by atoms with Gasteiger partial charge in [0.1, 0.15) is 11.6 Å². The summed E-state index contributed by atoms with van der Waals surface area (Å²) in [5, 5.41) is 2.70. The SMILES string of the molecule is CCCOc1cc(F)ccc1NC(=O)CCCN.Cl. The van der Waals surface area contributed by atoms with Crippen molar-refractivity contribution in [2.24, 2.45) is 5.73 Å². The van der Waals surface area contributed by atoms with Crippen molar-refractivity contribution in [2.75, 3.05) is 18.5 Å². The Morgan fingerprint density at radius 2 is 2.21 bits per heavy atom. The molecule has 0 spiro atoms. The van der Waals surface area contributed by atoms with Crippen molar-refractivity contribution in [3.63, 3.8) is 0 Å². The number of hydrogen-bond acceptors (Lipinski definition) is 3. The molecule has 1 amide bonds. The van der Waals surface area contributed by atoms with E-state index < -0.39 is 0 Å². The van der Waals surface area contributed by atoms with Crippen molar-refractivity contribution < 1.29 is 13.9 Å². The standard InChI is InChI=1S/C13H19FN2O2.ClH/c1-2-8-18-12-9-10(14)5-6-11(12)16-13(17)4-3-7-15;/h5-6,9H,2-4,7-8,15H2,1H3,(H,16,17);1H. The second-order valence-electron chi connectivity index (χ2n) is 3.93. The fourth-order valence-electron chi connectivity index (χ4n) is 1.41. The van der Waals surface area contributed by atoms with Gasteiger partial charge in [-0.05, 0) is 31.5 Å². The highest BCUT2D eigenvalue weighted by Crippen LogP contribution is 2.25. The summed E-state index contributed by atoms with van der Waals surface area (Å²) in [4.78, 5) is 11.6. The smallest absolute Gasteiger partial charge is 0.224 e. The topological polar surface area (TPSA) is 64.3 Å². The van der Waals surface area contributed by atoms with Gasteiger partial charge >= 0.3 is 0 Å². The Hall–Kier alpha value is -1.33. The predicted molar refractivity (Wildman–Crippen MR) is 76.4 cm³/mol. The molecule has 1 rings (SSSR count). The number of hydrogen-bond donors (Lipinski definition) is 2. The van der Waals surface area contributed by atoms with Gasteiger partial charge in [-0.3, -0.25) is 4.79 Å². The zero-order chi connectivity index (χ0) is 13.4. The first-order chi connectivity index (χ1) is 8.67. The Balaban J connectivity index is 0.00000324. The third-order valence-corrected chi connectivity index (χ3v) is 2.29. The molecule has 19 heavy (non-hydrogen) atoms. The van der Waals surface area contributed by atoms with Crippen LogP contribution in [0.5, 0.6) is 5.75 Å². The molecule has 4 nitrogen and oxygen atoms in total. The molecule has 0 fully saturated rings. The van der Waals surface area contributed by atoms with Crippen LogP contribution < -0.4 is 15.8 Å². The van der Waals surface area contributed by atoms with Crippen molar-refractivity contribution in [1.82, 2.24) is 0 Å². The largest absolute Gasteiger partial charge is 0.491 e. The Labute approximate surface area is 118 Å². The number of benzene rings is 1. The second kappa shape index (κ2) is 9.58. The van der Waals surface area contributed by atoms with Crippen LogP contribution in [0.2, 0.25) is 0 Å². The van der Waals surface area contributed by atoms with Gasteiger partial charge in [-0.25, -0.2) is 4.39 Å². The van der Waals surface area contributed by atoms with Crippen molar-refractivity contribution in [2.45, 2.75) is 26.2 Å². The number of carbonyl (C=O) groups excluding carboxylic acids is 1. The van der Waals surface area contributed by atoms with E-state index in [9.17, 15) is 9.18 Å². The van der Waals surface area contributed by atoms with Crippen LogP contribution in [-0.2, 0) is 4.79 Å². The summed E-state index contributed by atoms with van der Waals surface area (Å²) in [5.74, 6) is -0.174. The van der Waals surface area contributed by atoms with Crippen LogP contribution in [-0.4, -0.2) is 19.1 Å². The Morgan fingerprint density at radius 3 is 2.84 bits per heavy atom. The summed E-state index contributed by atoms with van der Waals surface area (Å²) in [7, 11) is 0.